The highest BCUT2D eigenvalue weighted by atomic mass is 19.1. The van der Waals surface area contributed by atoms with Gasteiger partial charge >= 0.3 is 0 Å². The van der Waals surface area contributed by atoms with Gasteiger partial charge in [0.15, 0.2) is 6.29 Å². The van der Waals surface area contributed by atoms with Crippen LogP contribution in [0.4, 0.5) is 4.39 Å². The van der Waals surface area contributed by atoms with E-state index in [0.29, 0.717) is 6.29 Å². The molecule has 0 saturated carbocycles. The quantitative estimate of drug-likeness (QED) is 0.473. The zero-order chi connectivity index (χ0) is 8.27. The molecule has 3 nitrogen and oxygen atoms in total. The summed E-state index contributed by atoms with van der Waals surface area (Å²) in [5.41, 5.74) is 0.244. The summed E-state index contributed by atoms with van der Waals surface area (Å²) in [5.74, 6) is -0.646. The zero-order valence-electron chi connectivity index (χ0n) is 5.87. The summed E-state index contributed by atoms with van der Waals surface area (Å²) in [6, 6.07) is 2.42. The van der Waals surface area contributed by atoms with Gasteiger partial charge in [0.25, 0.3) is 0 Å². The maximum absolute atomic E-state index is 12.4. The van der Waals surface area contributed by atoms with Crippen LogP contribution in [0.1, 0.15) is 10.4 Å². The number of hydrogen-bond donors (Lipinski definition) is 0. The van der Waals surface area contributed by atoms with E-state index in [0.717, 1.165) is 6.07 Å². The third-order valence-electron chi connectivity index (χ3n) is 1.18. The number of carbonyl (C=O) groups is 1. The molecule has 0 aliphatic rings. The van der Waals surface area contributed by atoms with Gasteiger partial charge in [0.05, 0.1) is 12.7 Å². The molecular weight excluding hydrogens is 149 g/mol. The van der Waals surface area contributed by atoms with Gasteiger partial charge in [-0.3, -0.25) is 4.79 Å². The lowest BCUT2D eigenvalue weighted by atomic mass is 10.3. The molecule has 0 saturated heterocycles. The number of rotatable bonds is 2. The maximum atomic E-state index is 12.4. The fraction of sp³-hybridized carbons (Fsp3) is 0.143. The molecule has 0 radical (unpaired) electrons. The molecule has 0 bridgehead atoms. The van der Waals surface area contributed by atoms with Crippen LogP contribution >= 0.6 is 0 Å². The molecule has 1 aromatic rings. The number of carbonyl (C=O) groups excluding carboxylic acids is 1. The van der Waals surface area contributed by atoms with Crippen molar-refractivity contribution in [1.29, 1.82) is 0 Å². The fourth-order valence-corrected chi connectivity index (χ4v) is 0.682. The Morgan fingerprint density at radius 3 is 2.91 bits per heavy atom. The van der Waals surface area contributed by atoms with Crippen molar-refractivity contribution in [2.24, 2.45) is 0 Å². The number of aldehydes is 1. The van der Waals surface area contributed by atoms with Crippen molar-refractivity contribution < 1.29 is 13.9 Å². The predicted molar refractivity (Wildman–Crippen MR) is 36.1 cm³/mol. The van der Waals surface area contributed by atoms with Crippen LogP contribution in [0.5, 0.6) is 5.88 Å². The Bertz CT molecular complexity index is 275. The van der Waals surface area contributed by atoms with Gasteiger partial charge in [0, 0.05) is 0 Å². The number of hydrogen-bond acceptors (Lipinski definition) is 3. The number of methoxy groups -OCH3 is 1. The van der Waals surface area contributed by atoms with Crippen LogP contribution in [-0.4, -0.2) is 18.4 Å². The number of pyridine rings is 1. The van der Waals surface area contributed by atoms with Crippen LogP contribution < -0.4 is 4.74 Å². The zero-order valence-corrected chi connectivity index (χ0v) is 5.87. The number of halogens is 1. The van der Waals surface area contributed by atoms with E-state index in [9.17, 15) is 9.18 Å². The van der Waals surface area contributed by atoms with Crippen molar-refractivity contribution in [3.05, 3.63) is 23.6 Å². The molecule has 0 aromatic carbocycles. The summed E-state index contributed by atoms with van der Waals surface area (Å²) in [7, 11) is 1.33. The second-order valence-corrected chi connectivity index (χ2v) is 1.85. The minimum atomic E-state index is -0.660. The average Bonchev–Trinajstić information content (AvgIpc) is 2.04. The largest absolute Gasteiger partial charge is 0.480 e. The number of ether oxygens (including phenoxy) is 1. The summed E-state index contributed by atoms with van der Waals surface area (Å²) in [6.07, 6.45) is 0.561. The second-order valence-electron chi connectivity index (χ2n) is 1.85. The van der Waals surface area contributed by atoms with E-state index in [1.54, 1.807) is 0 Å². The highest BCUT2D eigenvalue weighted by Gasteiger charge is 2.03. The smallest absolute Gasteiger partial charge is 0.226 e. The van der Waals surface area contributed by atoms with Gasteiger partial charge in [-0.15, -0.1) is 0 Å². The van der Waals surface area contributed by atoms with Crippen molar-refractivity contribution in [3.8, 4) is 5.88 Å². The molecule has 0 fully saturated rings. The van der Waals surface area contributed by atoms with Crippen molar-refractivity contribution >= 4 is 6.29 Å². The van der Waals surface area contributed by atoms with Gasteiger partial charge in [0.1, 0.15) is 0 Å². The summed E-state index contributed by atoms with van der Waals surface area (Å²) in [4.78, 5) is 13.6. The predicted octanol–water partition coefficient (Wildman–Crippen LogP) is 1.04. The van der Waals surface area contributed by atoms with Gasteiger partial charge in [-0.1, -0.05) is 0 Å². The van der Waals surface area contributed by atoms with E-state index >= 15 is 0 Å². The molecule has 0 unspecified atom stereocenters. The minimum Gasteiger partial charge on any atom is -0.480 e. The molecule has 1 aromatic heterocycles. The highest BCUT2D eigenvalue weighted by molar-refractivity contribution is 5.77. The Balaban J connectivity index is 3.16. The molecule has 0 atom stereocenters. The third-order valence-corrected chi connectivity index (χ3v) is 1.18. The molecule has 0 aliphatic carbocycles. The molecule has 1 rings (SSSR count). The van der Waals surface area contributed by atoms with E-state index in [-0.39, 0.29) is 11.4 Å². The van der Waals surface area contributed by atoms with Gasteiger partial charge in [-0.25, -0.2) is 0 Å². The lowest BCUT2D eigenvalue weighted by Gasteiger charge is -1.99. The Hall–Kier alpha value is -1.45. The van der Waals surface area contributed by atoms with Crippen LogP contribution in [0.15, 0.2) is 12.1 Å². The lowest BCUT2D eigenvalue weighted by Crippen LogP contribution is -1.95. The highest BCUT2D eigenvalue weighted by Crippen LogP contribution is 2.11. The van der Waals surface area contributed by atoms with Crippen molar-refractivity contribution in [2.45, 2.75) is 0 Å². The van der Waals surface area contributed by atoms with Crippen molar-refractivity contribution in [3.63, 3.8) is 0 Å². The van der Waals surface area contributed by atoms with E-state index in [4.69, 9.17) is 0 Å². The number of aromatic nitrogens is 1. The standard InChI is InChI=1S/C7H6FNO2/c1-11-7-5(4-10)2-3-6(8)9-7/h2-4H,1H3. The molecule has 58 valence electrons. The first kappa shape index (κ1) is 7.65. The Morgan fingerprint density at radius 2 is 2.36 bits per heavy atom. The molecule has 11 heavy (non-hydrogen) atoms. The molecule has 0 N–H and O–H groups in total. The fourth-order valence-electron chi connectivity index (χ4n) is 0.682. The Morgan fingerprint density at radius 1 is 1.64 bits per heavy atom. The van der Waals surface area contributed by atoms with E-state index in [2.05, 4.69) is 9.72 Å². The first-order valence-corrected chi connectivity index (χ1v) is 2.93. The summed E-state index contributed by atoms with van der Waals surface area (Å²) >= 11 is 0. The minimum absolute atomic E-state index is 0.0139. The van der Waals surface area contributed by atoms with Crippen molar-refractivity contribution in [1.82, 2.24) is 4.98 Å². The van der Waals surface area contributed by atoms with E-state index in [1.807, 2.05) is 0 Å². The van der Waals surface area contributed by atoms with Gasteiger partial charge < -0.3 is 4.74 Å². The summed E-state index contributed by atoms with van der Waals surface area (Å²) < 4.78 is 17.0. The van der Waals surface area contributed by atoms with Crippen LogP contribution in [0.3, 0.4) is 0 Å². The first-order chi connectivity index (χ1) is 5.27. The molecule has 0 spiro atoms. The first-order valence-electron chi connectivity index (χ1n) is 2.93. The maximum Gasteiger partial charge on any atom is 0.226 e. The number of nitrogens with zero attached hydrogens (tertiary/aromatic N) is 1. The van der Waals surface area contributed by atoms with E-state index in [1.165, 1.54) is 13.2 Å². The lowest BCUT2D eigenvalue weighted by molar-refractivity contribution is 0.111. The molecule has 4 heteroatoms. The van der Waals surface area contributed by atoms with Crippen LogP contribution in [0.2, 0.25) is 0 Å². The van der Waals surface area contributed by atoms with Crippen LogP contribution in [-0.2, 0) is 0 Å². The van der Waals surface area contributed by atoms with Crippen molar-refractivity contribution in [2.75, 3.05) is 7.11 Å². The summed E-state index contributed by atoms with van der Waals surface area (Å²) in [6.45, 7) is 0. The SMILES string of the molecule is COc1nc(F)ccc1C=O. The average molecular weight is 155 g/mol. The normalized spacial score (nSPS) is 9.27. The van der Waals surface area contributed by atoms with Crippen LogP contribution in [0.25, 0.3) is 0 Å². The monoisotopic (exact) mass is 155 g/mol. The van der Waals surface area contributed by atoms with Gasteiger partial charge in [-0.05, 0) is 12.1 Å². The molecular formula is C7H6FNO2. The molecule has 0 amide bonds. The van der Waals surface area contributed by atoms with Crippen LogP contribution in [0, 0.1) is 5.95 Å². The topological polar surface area (TPSA) is 39.2 Å². The Kier molecular flexibility index (Phi) is 2.15. The second kappa shape index (κ2) is 3.09. The third kappa shape index (κ3) is 1.52. The molecule has 0 aliphatic heterocycles. The van der Waals surface area contributed by atoms with Gasteiger partial charge in [0.2, 0.25) is 11.8 Å². The molecule has 1 heterocycles. The van der Waals surface area contributed by atoms with Gasteiger partial charge in [-0.2, -0.15) is 9.37 Å². The van der Waals surface area contributed by atoms with E-state index < -0.39 is 5.95 Å². The Labute approximate surface area is 62.8 Å². The summed E-state index contributed by atoms with van der Waals surface area (Å²) in [5, 5.41) is 0.